The smallest absolute Gasteiger partial charge is 0.270 e. The van der Waals surface area contributed by atoms with E-state index in [9.17, 15) is 14.9 Å². The third-order valence-corrected chi connectivity index (χ3v) is 4.12. The summed E-state index contributed by atoms with van der Waals surface area (Å²) in [4.78, 5) is 21.8. The second-order valence-electron chi connectivity index (χ2n) is 4.16. The molecule has 0 saturated carbocycles. The quantitative estimate of drug-likeness (QED) is 0.348. The molecule has 0 aliphatic rings. The summed E-state index contributed by atoms with van der Waals surface area (Å²) in [6.45, 7) is 6.28. The highest BCUT2D eigenvalue weighted by molar-refractivity contribution is 8.00. The summed E-state index contributed by atoms with van der Waals surface area (Å²) >= 11 is 1.57. The maximum Gasteiger partial charge on any atom is 0.270 e. The third kappa shape index (κ3) is 3.56. The van der Waals surface area contributed by atoms with Crippen molar-refractivity contribution in [2.75, 3.05) is 0 Å². The number of non-ortho nitro benzene ring substituents is 1. The first-order valence-electron chi connectivity index (χ1n) is 5.36. The van der Waals surface area contributed by atoms with E-state index in [-0.39, 0.29) is 5.69 Å². The van der Waals surface area contributed by atoms with E-state index in [1.54, 1.807) is 17.8 Å². The maximum absolute atomic E-state index is 10.9. The lowest BCUT2D eigenvalue weighted by Gasteiger charge is -2.15. The van der Waals surface area contributed by atoms with Gasteiger partial charge in [0.2, 0.25) is 0 Å². The molecule has 1 aromatic rings. The van der Waals surface area contributed by atoms with Crippen LogP contribution in [0.5, 0.6) is 0 Å². The molecule has 0 radical (unpaired) electrons. The molecule has 4 nitrogen and oxygen atoms in total. The number of rotatable bonds is 5. The molecule has 0 saturated heterocycles. The predicted molar refractivity (Wildman–Crippen MR) is 68.6 cm³/mol. The molecule has 0 amide bonds. The molecule has 92 valence electrons. The highest BCUT2D eigenvalue weighted by Crippen LogP contribution is 2.31. The molecule has 0 aliphatic carbocycles. The molecule has 0 aromatic heterocycles. The van der Waals surface area contributed by atoms with E-state index < -0.39 is 4.92 Å². The number of benzene rings is 1. The molecule has 0 spiro atoms. The van der Waals surface area contributed by atoms with Crippen LogP contribution in [0.15, 0.2) is 23.1 Å². The molecule has 1 atom stereocenters. The average molecular weight is 253 g/mol. The number of hydrogen-bond donors (Lipinski definition) is 0. The fourth-order valence-electron chi connectivity index (χ4n) is 1.19. The van der Waals surface area contributed by atoms with E-state index in [2.05, 4.69) is 20.8 Å². The Labute approximate surface area is 105 Å². The zero-order valence-corrected chi connectivity index (χ0v) is 10.9. The summed E-state index contributed by atoms with van der Waals surface area (Å²) in [7, 11) is 0. The molecule has 0 bridgehead atoms. The van der Waals surface area contributed by atoms with Crippen molar-refractivity contribution in [1.29, 1.82) is 0 Å². The van der Waals surface area contributed by atoms with Gasteiger partial charge in [-0.2, -0.15) is 0 Å². The Kier molecular flexibility index (Phi) is 4.69. The number of hydrogen-bond acceptors (Lipinski definition) is 4. The van der Waals surface area contributed by atoms with Crippen molar-refractivity contribution in [3.8, 4) is 0 Å². The number of carbonyl (C=O) groups is 1. The minimum Gasteiger partial charge on any atom is -0.298 e. The van der Waals surface area contributed by atoms with E-state index in [0.717, 1.165) is 4.90 Å². The molecule has 0 N–H and O–H groups in total. The van der Waals surface area contributed by atoms with Gasteiger partial charge in [0, 0.05) is 27.8 Å². The van der Waals surface area contributed by atoms with Gasteiger partial charge in [0.15, 0.2) is 6.29 Å². The number of nitro benzene ring substituents is 1. The Morgan fingerprint density at radius 1 is 1.35 bits per heavy atom. The van der Waals surface area contributed by atoms with Crippen LogP contribution in [0, 0.1) is 16.0 Å². The lowest BCUT2D eigenvalue weighted by atomic mass is 10.2. The fraction of sp³-hybridized carbons (Fsp3) is 0.417. The summed E-state index contributed by atoms with van der Waals surface area (Å²) in [5, 5.41) is 11.0. The van der Waals surface area contributed by atoms with Gasteiger partial charge in [-0.15, -0.1) is 11.8 Å². The SMILES string of the molecule is CC(C)C(C)Sc1ccc([N+](=O)[O-])cc1C=O. The summed E-state index contributed by atoms with van der Waals surface area (Å²) in [5.41, 5.74) is 0.338. The number of nitrogens with zero attached hydrogens (tertiary/aromatic N) is 1. The van der Waals surface area contributed by atoms with Gasteiger partial charge in [0.25, 0.3) is 5.69 Å². The minimum absolute atomic E-state index is 0.0475. The van der Waals surface area contributed by atoms with E-state index in [4.69, 9.17) is 0 Å². The van der Waals surface area contributed by atoms with E-state index in [1.165, 1.54) is 12.1 Å². The van der Waals surface area contributed by atoms with E-state index in [1.807, 2.05) is 0 Å². The van der Waals surface area contributed by atoms with Gasteiger partial charge in [-0.05, 0) is 12.0 Å². The first-order chi connectivity index (χ1) is 7.95. The van der Waals surface area contributed by atoms with Gasteiger partial charge >= 0.3 is 0 Å². The van der Waals surface area contributed by atoms with Crippen molar-refractivity contribution in [2.45, 2.75) is 30.9 Å². The van der Waals surface area contributed by atoms with E-state index in [0.29, 0.717) is 23.0 Å². The van der Waals surface area contributed by atoms with Crippen LogP contribution in [0.2, 0.25) is 0 Å². The first-order valence-corrected chi connectivity index (χ1v) is 6.24. The minimum atomic E-state index is -0.493. The summed E-state index contributed by atoms with van der Waals surface area (Å²) in [6, 6.07) is 4.40. The Morgan fingerprint density at radius 3 is 2.47 bits per heavy atom. The highest BCUT2D eigenvalue weighted by atomic mass is 32.2. The van der Waals surface area contributed by atoms with Crippen molar-refractivity contribution in [1.82, 2.24) is 0 Å². The number of carbonyl (C=O) groups excluding carboxylic acids is 1. The number of thioether (sulfide) groups is 1. The van der Waals surface area contributed by atoms with Gasteiger partial charge < -0.3 is 0 Å². The molecule has 5 heteroatoms. The van der Waals surface area contributed by atoms with Crippen molar-refractivity contribution >= 4 is 23.7 Å². The van der Waals surface area contributed by atoms with Crippen LogP contribution < -0.4 is 0 Å². The molecule has 17 heavy (non-hydrogen) atoms. The van der Waals surface area contributed by atoms with Crippen molar-refractivity contribution < 1.29 is 9.72 Å². The van der Waals surface area contributed by atoms with Crippen LogP contribution >= 0.6 is 11.8 Å². The molecule has 0 heterocycles. The Morgan fingerprint density at radius 2 is 2.00 bits per heavy atom. The second-order valence-corrected chi connectivity index (χ2v) is 5.58. The number of aldehydes is 1. The first kappa shape index (κ1) is 13.7. The van der Waals surface area contributed by atoms with Crippen LogP contribution in [0.3, 0.4) is 0 Å². The van der Waals surface area contributed by atoms with Crippen LogP contribution in [0.1, 0.15) is 31.1 Å². The Bertz CT molecular complexity index is 432. The molecule has 1 aromatic carbocycles. The van der Waals surface area contributed by atoms with Crippen LogP contribution in [-0.4, -0.2) is 16.5 Å². The standard InChI is InChI=1S/C12H15NO3S/c1-8(2)9(3)17-12-5-4-11(13(15)16)6-10(12)7-14/h4-9H,1-3H3. The van der Waals surface area contributed by atoms with Gasteiger partial charge in [0.05, 0.1) is 4.92 Å². The molecule has 1 rings (SSSR count). The van der Waals surface area contributed by atoms with Gasteiger partial charge in [-0.3, -0.25) is 14.9 Å². The molecular weight excluding hydrogens is 238 g/mol. The largest absolute Gasteiger partial charge is 0.298 e. The molecule has 0 aliphatic heterocycles. The maximum atomic E-state index is 10.9. The highest BCUT2D eigenvalue weighted by Gasteiger charge is 2.14. The zero-order valence-electron chi connectivity index (χ0n) is 10.0. The second kappa shape index (κ2) is 5.82. The topological polar surface area (TPSA) is 60.2 Å². The van der Waals surface area contributed by atoms with Crippen LogP contribution in [0.25, 0.3) is 0 Å². The van der Waals surface area contributed by atoms with Gasteiger partial charge in [-0.1, -0.05) is 20.8 Å². The Hall–Kier alpha value is -1.36. The summed E-state index contributed by atoms with van der Waals surface area (Å²) in [5.74, 6) is 0.481. The normalized spacial score (nSPS) is 12.5. The van der Waals surface area contributed by atoms with Crippen LogP contribution in [0.4, 0.5) is 5.69 Å². The number of nitro groups is 1. The monoisotopic (exact) mass is 253 g/mol. The lowest BCUT2D eigenvalue weighted by Crippen LogP contribution is -2.06. The van der Waals surface area contributed by atoms with Crippen molar-refractivity contribution in [3.63, 3.8) is 0 Å². The average Bonchev–Trinajstić information content (AvgIpc) is 2.28. The van der Waals surface area contributed by atoms with Gasteiger partial charge in [0.1, 0.15) is 0 Å². The third-order valence-electron chi connectivity index (χ3n) is 2.58. The molecule has 0 fully saturated rings. The van der Waals surface area contributed by atoms with Crippen LogP contribution in [-0.2, 0) is 0 Å². The Balaban J connectivity index is 3.01. The van der Waals surface area contributed by atoms with Crippen molar-refractivity contribution in [2.24, 2.45) is 5.92 Å². The summed E-state index contributed by atoms with van der Waals surface area (Å²) < 4.78 is 0. The lowest BCUT2D eigenvalue weighted by molar-refractivity contribution is -0.384. The summed E-state index contributed by atoms with van der Waals surface area (Å²) in [6.07, 6.45) is 0.669. The zero-order chi connectivity index (χ0) is 13.0. The van der Waals surface area contributed by atoms with Crippen molar-refractivity contribution in [3.05, 3.63) is 33.9 Å². The molecule has 1 unspecified atom stereocenters. The van der Waals surface area contributed by atoms with Gasteiger partial charge in [-0.25, -0.2) is 0 Å². The van der Waals surface area contributed by atoms with E-state index >= 15 is 0 Å². The fourth-order valence-corrected chi connectivity index (χ4v) is 2.25. The predicted octanol–water partition coefficient (Wildman–Crippen LogP) is 3.54. The molecular formula is C12H15NO3S.